The van der Waals surface area contributed by atoms with E-state index in [1.165, 1.54) is 38.5 Å². The molecule has 0 aromatic heterocycles. The highest BCUT2D eigenvalue weighted by Gasteiger charge is 2.31. The molecule has 0 heterocycles. The van der Waals surface area contributed by atoms with Crippen LogP contribution in [0.25, 0.3) is 0 Å². The first-order valence-corrected chi connectivity index (χ1v) is 20.1. The van der Waals surface area contributed by atoms with Crippen LogP contribution in [0.5, 0.6) is 0 Å². The minimum atomic E-state index is -1.05. The van der Waals surface area contributed by atoms with Gasteiger partial charge in [0.1, 0.15) is 13.2 Å². The number of hydrogen-bond acceptors (Lipinski definition) is 8. The second-order valence-electron chi connectivity index (χ2n) is 13.5. The fourth-order valence-corrected chi connectivity index (χ4v) is 5.58. The molecule has 0 bridgehead atoms. The molecule has 0 rings (SSSR count). The van der Waals surface area contributed by atoms with Crippen LogP contribution < -0.4 is 0 Å². The lowest BCUT2D eigenvalue weighted by Gasteiger charge is -2.27. The number of esters is 4. The van der Waals surface area contributed by atoms with E-state index in [1.54, 1.807) is 0 Å². The van der Waals surface area contributed by atoms with Crippen molar-refractivity contribution >= 4 is 23.9 Å². The first-order chi connectivity index (χ1) is 23.4. The zero-order chi connectivity index (χ0) is 35.5. The van der Waals surface area contributed by atoms with E-state index in [9.17, 15) is 19.2 Å². The Labute approximate surface area is 294 Å². The van der Waals surface area contributed by atoms with Crippen LogP contribution in [0.2, 0.25) is 0 Å². The standard InChI is InChI=1S/C40H74O8/c1-5-9-13-17-21-25-29-37(41)45-33-35(47-39(43)31-27-23-19-15-11-7-3)36(48-40(44)32-28-24-20-16-12-8-4)34-46-38(42)30-26-22-18-14-10-6-2/h35-36H,5-34H2,1-4H3. The number of rotatable bonds is 35. The van der Waals surface area contributed by atoms with Crippen LogP contribution in [0, 0.1) is 0 Å². The average molecular weight is 683 g/mol. The van der Waals surface area contributed by atoms with E-state index in [4.69, 9.17) is 18.9 Å². The van der Waals surface area contributed by atoms with Crippen molar-refractivity contribution in [3.63, 3.8) is 0 Å². The topological polar surface area (TPSA) is 105 Å². The van der Waals surface area contributed by atoms with E-state index < -0.39 is 24.1 Å². The summed E-state index contributed by atoms with van der Waals surface area (Å²) in [6.07, 6.45) is 23.8. The smallest absolute Gasteiger partial charge is 0.306 e. The van der Waals surface area contributed by atoms with Gasteiger partial charge in [0, 0.05) is 25.7 Å². The molecule has 0 aliphatic heterocycles. The number of hydrogen-bond donors (Lipinski definition) is 0. The highest BCUT2D eigenvalue weighted by atomic mass is 16.6. The summed E-state index contributed by atoms with van der Waals surface area (Å²) in [5, 5.41) is 0. The van der Waals surface area contributed by atoms with E-state index in [-0.39, 0.29) is 50.8 Å². The van der Waals surface area contributed by atoms with Crippen LogP contribution in [0.15, 0.2) is 0 Å². The maximum Gasteiger partial charge on any atom is 0.306 e. The molecule has 2 atom stereocenters. The Morgan fingerprint density at radius 3 is 0.833 bits per heavy atom. The molecule has 0 amide bonds. The van der Waals surface area contributed by atoms with Gasteiger partial charge in [-0.25, -0.2) is 0 Å². The zero-order valence-corrected chi connectivity index (χ0v) is 31.6. The normalized spacial score (nSPS) is 12.3. The minimum Gasteiger partial charge on any atom is -0.462 e. The Kier molecular flexibility index (Phi) is 33.2. The van der Waals surface area contributed by atoms with Gasteiger partial charge in [-0.3, -0.25) is 19.2 Å². The lowest BCUT2D eigenvalue weighted by atomic mass is 10.1. The molecule has 2 unspecified atom stereocenters. The Hall–Kier alpha value is -2.12. The highest BCUT2D eigenvalue weighted by Crippen LogP contribution is 2.16. The van der Waals surface area contributed by atoms with Crippen molar-refractivity contribution in [1.29, 1.82) is 0 Å². The largest absolute Gasteiger partial charge is 0.462 e. The fourth-order valence-electron chi connectivity index (χ4n) is 5.58. The van der Waals surface area contributed by atoms with E-state index in [2.05, 4.69) is 27.7 Å². The van der Waals surface area contributed by atoms with Gasteiger partial charge in [-0.2, -0.15) is 0 Å². The molecule has 0 aromatic rings. The fraction of sp³-hybridized carbons (Fsp3) is 0.900. The second-order valence-corrected chi connectivity index (χ2v) is 13.5. The number of carbonyl (C=O) groups is 4. The molecule has 0 aromatic carbocycles. The van der Waals surface area contributed by atoms with Crippen LogP contribution in [0.4, 0.5) is 0 Å². The maximum atomic E-state index is 12.9. The highest BCUT2D eigenvalue weighted by molar-refractivity contribution is 5.72. The summed E-state index contributed by atoms with van der Waals surface area (Å²) in [5.41, 5.74) is 0. The summed E-state index contributed by atoms with van der Waals surface area (Å²) in [7, 11) is 0. The van der Waals surface area contributed by atoms with Crippen molar-refractivity contribution in [3.05, 3.63) is 0 Å². The van der Waals surface area contributed by atoms with Gasteiger partial charge in [-0.15, -0.1) is 0 Å². The van der Waals surface area contributed by atoms with Crippen molar-refractivity contribution in [2.75, 3.05) is 13.2 Å². The predicted molar refractivity (Wildman–Crippen MR) is 194 cm³/mol. The molecule has 0 fully saturated rings. The molecular weight excluding hydrogens is 608 g/mol. The maximum absolute atomic E-state index is 12.9. The number of unbranched alkanes of at least 4 members (excludes halogenated alkanes) is 20. The third kappa shape index (κ3) is 30.0. The van der Waals surface area contributed by atoms with Crippen molar-refractivity contribution in [1.82, 2.24) is 0 Å². The van der Waals surface area contributed by atoms with E-state index in [0.29, 0.717) is 12.8 Å². The quantitative estimate of drug-likeness (QED) is 0.0369. The molecule has 0 saturated carbocycles. The molecule has 48 heavy (non-hydrogen) atoms. The van der Waals surface area contributed by atoms with Crippen LogP contribution >= 0.6 is 0 Å². The first-order valence-electron chi connectivity index (χ1n) is 20.1. The van der Waals surface area contributed by atoms with Crippen molar-refractivity contribution in [2.24, 2.45) is 0 Å². The SMILES string of the molecule is CCCCCCCCC(=O)OCC(OC(=O)CCCCCCCC)C(COC(=O)CCCCCCCC)OC(=O)CCCCCCCC. The lowest BCUT2D eigenvalue weighted by Crippen LogP contribution is -2.42. The monoisotopic (exact) mass is 683 g/mol. The Bertz CT molecular complexity index is 719. The van der Waals surface area contributed by atoms with Crippen LogP contribution in [0.3, 0.4) is 0 Å². The Balaban J connectivity index is 5.40. The van der Waals surface area contributed by atoms with E-state index in [1.807, 2.05) is 0 Å². The van der Waals surface area contributed by atoms with Crippen LogP contribution in [-0.2, 0) is 38.1 Å². The average Bonchev–Trinajstić information content (AvgIpc) is 3.07. The summed E-state index contributed by atoms with van der Waals surface area (Å²) < 4.78 is 22.8. The van der Waals surface area contributed by atoms with Gasteiger partial charge < -0.3 is 18.9 Å². The molecule has 0 saturated heterocycles. The summed E-state index contributed by atoms with van der Waals surface area (Å²) >= 11 is 0. The van der Waals surface area contributed by atoms with Gasteiger partial charge in [0.15, 0.2) is 12.2 Å². The molecule has 282 valence electrons. The molecule has 8 heteroatoms. The molecule has 0 radical (unpaired) electrons. The van der Waals surface area contributed by atoms with Gasteiger partial charge in [0.05, 0.1) is 0 Å². The number of ether oxygens (including phenoxy) is 4. The van der Waals surface area contributed by atoms with Gasteiger partial charge in [-0.05, 0) is 25.7 Å². The molecular formula is C40H74O8. The van der Waals surface area contributed by atoms with Gasteiger partial charge in [-0.1, -0.05) is 156 Å². The third-order valence-corrected chi connectivity index (χ3v) is 8.74. The van der Waals surface area contributed by atoms with Crippen LogP contribution in [-0.4, -0.2) is 49.3 Å². The minimum absolute atomic E-state index is 0.227. The molecule has 8 nitrogen and oxygen atoms in total. The summed E-state index contributed by atoms with van der Waals surface area (Å²) in [6.45, 7) is 8.18. The molecule has 0 aliphatic rings. The Morgan fingerprint density at radius 2 is 0.562 bits per heavy atom. The second kappa shape index (κ2) is 34.7. The molecule has 0 N–H and O–H groups in total. The van der Waals surface area contributed by atoms with Gasteiger partial charge in [0.2, 0.25) is 0 Å². The Morgan fingerprint density at radius 1 is 0.333 bits per heavy atom. The molecule has 0 spiro atoms. The third-order valence-electron chi connectivity index (χ3n) is 8.74. The van der Waals surface area contributed by atoms with Crippen molar-refractivity contribution in [2.45, 2.75) is 220 Å². The summed E-state index contributed by atoms with van der Waals surface area (Å²) in [4.78, 5) is 51.2. The lowest BCUT2D eigenvalue weighted by molar-refractivity contribution is -0.183. The van der Waals surface area contributed by atoms with Crippen molar-refractivity contribution in [3.8, 4) is 0 Å². The van der Waals surface area contributed by atoms with Crippen molar-refractivity contribution < 1.29 is 38.1 Å². The summed E-state index contributed by atoms with van der Waals surface area (Å²) in [5.74, 6) is -1.62. The zero-order valence-electron chi connectivity index (χ0n) is 31.6. The van der Waals surface area contributed by atoms with E-state index >= 15 is 0 Å². The summed E-state index contributed by atoms with van der Waals surface area (Å²) in [6, 6.07) is 0. The first kappa shape index (κ1) is 45.9. The number of carbonyl (C=O) groups excluding carboxylic acids is 4. The van der Waals surface area contributed by atoms with Gasteiger partial charge in [0.25, 0.3) is 0 Å². The molecule has 0 aliphatic carbocycles. The van der Waals surface area contributed by atoms with Gasteiger partial charge >= 0.3 is 23.9 Å². The van der Waals surface area contributed by atoms with Crippen LogP contribution in [0.1, 0.15) is 207 Å². The predicted octanol–water partition coefficient (Wildman–Crippen LogP) is 10.9. The van der Waals surface area contributed by atoms with E-state index in [0.717, 1.165) is 103 Å².